The average molecular weight is 532 g/mol. The number of methoxy groups -OCH3 is 2. The molecule has 0 radical (unpaired) electrons. The Balaban J connectivity index is 1.41. The molecule has 1 atom stereocenters. The molecule has 1 aromatic carbocycles. The fourth-order valence-electron chi connectivity index (χ4n) is 5.49. The molecule has 0 bridgehead atoms. The molecule has 1 aliphatic heterocycles. The number of ether oxygens (including phenoxy) is 3. The zero-order valence-corrected chi connectivity index (χ0v) is 22.7. The van der Waals surface area contributed by atoms with Gasteiger partial charge >= 0.3 is 12.1 Å². The summed E-state index contributed by atoms with van der Waals surface area (Å²) in [5.41, 5.74) is -0.412. The van der Waals surface area contributed by atoms with Crippen LogP contribution in [0.15, 0.2) is 18.3 Å². The van der Waals surface area contributed by atoms with Crippen LogP contribution in [0.25, 0.3) is 10.9 Å². The number of nitro groups is 1. The van der Waals surface area contributed by atoms with E-state index in [0.29, 0.717) is 30.1 Å². The van der Waals surface area contributed by atoms with Gasteiger partial charge in [0.2, 0.25) is 0 Å². The van der Waals surface area contributed by atoms with Gasteiger partial charge in [0.1, 0.15) is 11.2 Å². The van der Waals surface area contributed by atoms with Crippen LogP contribution in [0, 0.1) is 10.1 Å². The summed E-state index contributed by atoms with van der Waals surface area (Å²) in [7, 11) is 2.84. The standard InChI is InChI=1S/C26H37N5O7/c1-26(2,3)38-25(33)29-11-10-28(15-20(29)16-36-4)18-6-8-19(9-7-18)30-14-17-12-23(31(34)35)21(24(32)37-5)13-22(17)27-30/h12-14,18-20H,6-11,15-16H2,1-5H3/t18?,19?,20-/m1/s1. The van der Waals surface area contributed by atoms with Crippen LogP contribution in [0.5, 0.6) is 0 Å². The SMILES string of the molecule is COC[C@H]1CN(C2CCC(n3cc4cc([N+](=O)[O-])c(C(=O)OC)cc4n3)CC2)CCN1C(=O)OC(C)(C)C. The van der Waals surface area contributed by atoms with Crippen molar-refractivity contribution in [3.63, 3.8) is 0 Å². The van der Waals surface area contributed by atoms with E-state index < -0.39 is 16.5 Å². The summed E-state index contributed by atoms with van der Waals surface area (Å²) < 4.78 is 17.6. The molecule has 2 aliphatic rings. The molecule has 0 N–H and O–H groups in total. The fraction of sp³-hybridized carbons (Fsp3) is 0.654. The van der Waals surface area contributed by atoms with Gasteiger partial charge in [-0.05, 0) is 52.5 Å². The number of esters is 1. The van der Waals surface area contributed by atoms with Crippen molar-refractivity contribution in [2.75, 3.05) is 40.5 Å². The van der Waals surface area contributed by atoms with Crippen molar-refractivity contribution in [1.29, 1.82) is 0 Å². The van der Waals surface area contributed by atoms with E-state index in [-0.39, 0.29) is 29.4 Å². The van der Waals surface area contributed by atoms with Crippen LogP contribution in [0.4, 0.5) is 10.5 Å². The van der Waals surface area contributed by atoms with Crippen molar-refractivity contribution in [1.82, 2.24) is 19.6 Å². The summed E-state index contributed by atoms with van der Waals surface area (Å²) in [6.45, 7) is 8.15. The minimum Gasteiger partial charge on any atom is -0.465 e. The van der Waals surface area contributed by atoms with Gasteiger partial charge in [-0.3, -0.25) is 19.7 Å². The molecule has 1 saturated carbocycles. The lowest BCUT2D eigenvalue weighted by atomic mass is 9.89. The van der Waals surface area contributed by atoms with Gasteiger partial charge in [0.05, 0.1) is 36.2 Å². The van der Waals surface area contributed by atoms with E-state index in [2.05, 4.69) is 10.00 Å². The van der Waals surface area contributed by atoms with Gasteiger partial charge in [0.15, 0.2) is 0 Å². The largest absolute Gasteiger partial charge is 0.465 e. The Kier molecular flexibility index (Phi) is 8.22. The highest BCUT2D eigenvalue weighted by atomic mass is 16.6. The second-order valence-electron chi connectivity index (χ2n) is 11.0. The van der Waals surface area contributed by atoms with Crippen LogP contribution in [0.2, 0.25) is 0 Å². The van der Waals surface area contributed by atoms with Crippen molar-refractivity contribution in [2.45, 2.75) is 70.2 Å². The molecule has 0 spiro atoms. The Morgan fingerprint density at radius 1 is 1.11 bits per heavy atom. The number of amides is 1. The third kappa shape index (κ3) is 6.07. The Morgan fingerprint density at radius 3 is 2.39 bits per heavy atom. The molecule has 208 valence electrons. The lowest BCUT2D eigenvalue weighted by Gasteiger charge is -2.45. The molecule has 38 heavy (non-hydrogen) atoms. The molecule has 2 fully saturated rings. The monoisotopic (exact) mass is 531 g/mol. The Labute approximate surface area is 221 Å². The van der Waals surface area contributed by atoms with Crippen LogP contribution in [-0.2, 0) is 14.2 Å². The second kappa shape index (κ2) is 11.2. The summed E-state index contributed by atoms with van der Waals surface area (Å²) in [4.78, 5) is 40.0. The first-order valence-electron chi connectivity index (χ1n) is 13.0. The van der Waals surface area contributed by atoms with E-state index >= 15 is 0 Å². The van der Waals surface area contributed by atoms with Crippen molar-refractivity contribution in [3.05, 3.63) is 34.0 Å². The third-order valence-electron chi connectivity index (χ3n) is 7.30. The second-order valence-corrected chi connectivity index (χ2v) is 11.0. The first-order chi connectivity index (χ1) is 18.0. The first-order valence-corrected chi connectivity index (χ1v) is 13.0. The van der Waals surface area contributed by atoms with Gasteiger partial charge in [-0.2, -0.15) is 5.10 Å². The molecular formula is C26H37N5O7. The number of hydrogen-bond acceptors (Lipinski definition) is 9. The first kappa shape index (κ1) is 27.8. The normalized spacial score (nSPS) is 22.9. The molecule has 2 aromatic rings. The highest BCUT2D eigenvalue weighted by Gasteiger charge is 2.37. The number of aromatic nitrogens is 2. The fourth-order valence-corrected chi connectivity index (χ4v) is 5.49. The minimum absolute atomic E-state index is 0.0717. The minimum atomic E-state index is -0.757. The van der Waals surface area contributed by atoms with E-state index in [1.165, 1.54) is 19.2 Å². The molecule has 1 aliphatic carbocycles. The quantitative estimate of drug-likeness (QED) is 0.310. The smallest absolute Gasteiger partial charge is 0.410 e. The Morgan fingerprint density at radius 2 is 1.79 bits per heavy atom. The lowest BCUT2D eigenvalue weighted by Crippen LogP contribution is -2.59. The maximum atomic E-state index is 12.7. The van der Waals surface area contributed by atoms with E-state index in [9.17, 15) is 19.7 Å². The highest BCUT2D eigenvalue weighted by molar-refractivity contribution is 5.99. The average Bonchev–Trinajstić information content (AvgIpc) is 3.30. The summed E-state index contributed by atoms with van der Waals surface area (Å²) >= 11 is 0. The Bertz CT molecular complexity index is 1180. The maximum Gasteiger partial charge on any atom is 0.410 e. The number of nitrogens with zero attached hydrogens (tertiary/aromatic N) is 5. The molecule has 2 heterocycles. The topological polar surface area (TPSA) is 129 Å². The van der Waals surface area contributed by atoms with Crippen LogP contribution >= 0.6 is 0 Å². The van der Waals surface area contributed by atoms with E-state index in [1.807, 2.05) is 31.6 Å². The van der Waals surface area contributed by atoms with E-state index in [0.717, 1.165) is 38.8 Å². The summed E-state index contributed by atoms with van der Waals surface area (Å²) in [5.74, 6) is -0.757. The number of fused-ring (bicyclic) bond motifs is 1. The summed E-state index contributed by atoms with van der Waals surface area (Å²) in [6.07, 6.45) is 5.28. The molecule has 1 aromatic heterocycles. The van der Waals surface area contributed by atoms with E-state index in [1.54, 1.807) is 12.0 Å². The number of nitro benzene ring substituents is 1. The van der Waals surface area contributed by atoms with Gasteiger partial charge < -0.3 is 19.1 Å². The number of piperazine rings is 1. The van der Waals surface area contributed by atoms with Gasteiger partial charge in [0, 0.05) is 50.4 Å². The predicted octanol–water partition coefficient (Wildman–Crippen LogP) is 3.78. The number of carbonyl (C=O) groups is 2. The van der Waals surface area contributed by atoms with Crippen molar-refractivity contribution >= 4 is 28.7 Å². The number of carbonyl (C=O) groups excluding carboxylic acids is 2. The van der Waals surface area contributed by atoms with Crippen LogP contribution in [0.3, 0.4) is 0 Å². The molecule has 12 heteroatoms. The van der Waals surface area contributed by atoms with E-state index in [4.69, 9.17) is 14.2 Å². The van der Waals surface area contributed by atoms with Crippen LogP contribution < -0.4 is 0 Å². The molecular weight excluding hydrogens is 494 g/mol. The van der Waals surface area contributed by atoms with Gasteiger partial charge in [-0.25, -0.2) is 9.59 Å². The van der Waals surface area contributed by atoms with Gasteiger partial charge in [0.25, 0.3) is 5.69 Å². The summed E-state index contributed by atoms with van der Waals surface area (Å²) in [5, 5.41) is 16.8. The Hall–Kier alpha value is -3.25. The van der Waals surface area contributed by atoms with Crippen LogP contribution in [-0.4, -0.2) is 94.7 Å². The zero-order chi connectivity index (χ0) is 27.6. The number of rotatable bonds is 6. The zero-order valence-electron chi connectivity index (χ0n) is 22.7. The molecule has 1 saturated heterocycles. The highest BCUT2D eigenvalue weighted by Crippen LogP contribution is 2.34. The van der Waals surface area contributed by atoms with Crippen LogP contribution in [0.1, 0.15) is 62.9 Å². The van der Waals surface area contributed by atoms with Gasteiger partial charge in [-0.15, -0.1) is 0 Å². The summed E-state index contributed by atoms with van der Waals surface area (Å²) in [6, 6.07) is 3.30. The molecule has 1 amide bonds. The lowest BCUT2D eigenvalue weighted by molar-refractivity contribution is -0.385. The van der Waals surface area contributed by atoms with Gasteiger partial charge in [-0.1, -0.05) is 0 Å². The van der Waals surface area contributed by atoms with Crippen molar-refractivity contribution < 1.29 is 28.7 Å². The maximum absolute atomic E-state index is 12.7. The predicted molar refractivity (Wildman–Crippen MR) is 139 cm³/mol. The number of hydrogen-bond donors (Lipinski definition) is 0. The third-order valence-corrected chi connectivity index (χ3v) is 7.30. The molecule has 12 nitrogen and oxygen atoms in total. The molecule has 4 rings (SSSR count). The molecule has 0 unspecified atom stereocenters. The van der Waals surface area contributed by atoms with Crippen molar-refractivity contribution in [2.24, 2.45) is 0 Å². The number of benzene rings is 1. The van der Waals surface area contributed by atoms with Crippen molar-refractivity contribution in [3.8, 4) is 0 Å².